The summed E-state index contributed by atoms with van der Waals surface area (Å²) in [6.07, 6.45) is 5.97. The van der Waals surface area contributed by atoms with Crippen LogP contribution in [0.25, 0.3) is 5.95 Å². The Morgan fingerprint density at radius 1 is 1.24 bits per heavy atom. The highest BCUT2D eigenvalue weighted by molar-refractivity contribution is 5.91. The highest BCUT2D eigenvalue weighted by atomic mass is 16.2. The maximum Gasteiger partial charge on any atom is 0.252 e. The molecule has 1 saturated carbocycles. The Labute approximate surface area is 146 Å². The fourth-order valence-corrected chi connectivity index (χ4v) is 3.14. The number of aryl methyl sites for hydroxylation is 2. The number of aromatic nitrogens is 4. The minimum absolute atomic E-state index is 0.137. The van der Waals surface area contributed by atoms with Gasteiger partial charge in [-0.3, -0.25) is 14.6 Å². The first-order chi connectivity index (χ1) is 12.0. The maximum atomic E-state index is 12.3. The van der Waals surface area contributed by atoms with Crippen molar-refractivity contribution in [2.75, 3.05) is 11.9 Å². The fraction of sp³-hybridized carbons (Fsp3) is 0.529. The first kappa shape index (κ1) is 17.3. The average Bonchev–Trinajstić information content (AvgIpc) is 2.93. The van der Waals surface area contributed by atoms with Crippen molar-refractivity contribution in [3.8, 4) is 5.95 Å². The van der Waals surface area contributed by atoms with Crippen molar-refractivity contribution in [2.24, 2.45) is 0 Å². The van der Waals surface area contributed by atoms with Gasteiger partial charge in [0.1, 0.15) is 5.82 Å². The Morgan fingerprint density at radius 3 is 2.72 bits per heavy atom. The third-order valence-electron chi connectivity index (χ3n) is 4.31. The molecule has 3 rings (SSSR count). The standard InChI is InChI=1S/C17H24N6O2/c1-11-9-15(24)21-17(19-11)23-14(8-12(2)22-23)20-16(25)10-18-13-6-4-3-5-7-13/h8-9,13,18H,3-7,10H2,1-2H3,(H,20,25)(H,19,21,24). The van der Waals surface area contributed by atoms with Crippen LogP contribution in [0, 0.1) is 13.8 Å². The molecule has 134 valence electrons. The summed E-state index contributed by atoms with van der Waals surface area (Å²) in [5.74, 6) is 0.636. The highest BCUT2D eigenvalue weighted by Gasteiger charge is 2.16. The van der Waals surface area contributed by atoms with E-state index in [1.54, 1.807) is 13.0 Å². The minimum Gasteiger partial charge on any atom is -0.309 e. The molecule has 8 heteroatoms. The molecule has 1 fully saturated rings. The zero-order valence-corrected chi connectivity index (χ0v) is 14.6. The summed E-state index contributed by atoms with van der Waals surface area (Å²) in [6.45, 7) is 3.81. The Bertz CT molecular complexity index is 804. The van der Waals surface area contributed by atoms with Gasteiger partial charge in [0, 0.05) is 23.9 Å². The molecule has 2 heterocycles. The van der Waals surface area contributed by atoms with Crippen molar-refractivity contribution in [3.05, 3.63) is 33.9 Å². The molecule has 0 bridgehead atoms. The maximum absolute atomic E-state index is 12.3. The van der Waals surface area contributed by atoms with Crippen molar-refractivity contribution < 1.29 is 4.79 Å². The largest absolute Gasteiger partial charge is 0.309 e. The Hall–Kier alpha value is -2.48. The second-order valence-corrected chi connectivity index (χ2v) is 6.56. The van der Waals surface area contributed by atoms with Crippen LogP contribution in [0.5, 0.6) is 0 Å². The predicted molar refractivity (Wildman–Crippen MR) is 95.0 cm³/mol. The SMILES string of the molecule is Cc1cc(=O)[nH]c(-n2nc(C)cc2NC(=O)CNC2CCCCC2)n1. The van der Waals surface area contributed by atoms with E-state index < -0.39 is 0 Å². The number of carbonyl (C=O) groups excluding carboxylic acids is 1. The number of hydrogen-bond donors (Lipinski definition) is 3. The number of H-pyrrole nitrogens is 1. The van der Waals surface area contributed by atoms with E-state index in [-0.39, 0.29) is 24.0 Å². The van der Waals surface area contributed by atoms with Crippen LogP contribution in [-0.2, 0) is 4.79 Å². The van der Waals surface area contributed by atoms with Gasteiger partial charge in [0.05, 0.1) is 12.2 Å². The van der Waals surface area contributed by atoms with Gasteiger partial charge in [0.25, 0.3) is 5.56 Å². The normalized spacial score (nSPS) is 15.3. The Kier molecular flexibility index (Phi) is 5.28. The second-order valence-electron chi connectivity index (χ2n) is 6.56. The van der Waals surface area contributed by atoms with Crippen LogP contribution in [0.3, 0.4) is 0 Å². The smallest absolute Gasteiger partial charge is 0.252 e. The van der Waals surface area contributed by atoms with Crippen LogP contribution in [0.1, 0.15) is 43.5 Å². The van der Waals surface area contributed by atoms with Gasteiger partial charge in [-0.2, -0.15) is 9.78 Å². The van der Waals surface area contributed by atoms with Gasteiger partial charge in [-0.05, 0) is 26.7 Å². The number of amides is 1. The van der Waals surface area contributed by atoms with Crippen LogP contribution in [-0.4, -0.2) is 38.2 Å². The van der Waals surface area contributed by atoms with Gasteiger partial charge in [-0.15, -0.1) is 0 Å². The summed E-state index contributed by atoms with van der Waals surface area (Å²) in [7, 11) is 0. The number of nitrogens with zero attached hydrogens (tertiary/aromatic N) is 3. The summed E-state index contributed by atoms with van der Waals surface area (Å²) in [5, 5.41) is 10.5. The topological polar surface area (TPSA) is 105 Å². The van der Waals surface area contributed by atoms with Crippen LogP contribution < -0.4 is 16.2 Å². The van der Waals surface area contributed by atoms with E-state index in [2.05, 4.69) is 25.7 Å². The van der Waals surface area contributed by atoms with E-state index in [4.69, 9.17) is 0 Å². The highest BCUT2D eigenvalue weighted by Crippen LogP contribution is 2.17. The van der Waals surface area contributed by atoms with E-state index in [0.717, 1.165) is 18.5 Å². The van der Waals surface area contributed by atoms with Gasteiger partial charge < -0.3 is 10.6 Å². The lowest BCUT2D eigenvalue weighted by Gasteiger charge is -2.22. The molecule has 3 N–H and O–H groups in total. The number of aromatic amines is 1. The molecule has 0 atom stereocenters. The quantitative estimate of drug-likeness (QED) is 0.761. The zero-order valence-electron chi connectivity index (χ0n) is 14.6. The van der Waals surface area contributed by atoms with Gasteiger partial charge in [0.2, 0.25) is 11.9 Å². The predicted octanol–water partition coefficient (Wildman–Crippen LogP) is 1.43. The molecule has 2 aromatic rings. The number of carbonyl (C=O) groups is 1. The molecule has 0 aliphatic heterocycles. The Morgan fingerprint density at radius 2 is 2.00 bits per heavy atom. The minimum atomic E-state index is -0.258. The molecule has 0 radical (unpaired) electrons. The first-order valence-corrected chi connectivity index (χ1v) is 8.69. The summed E-state index contributed by atoms with van der Waals surface area (Å²) in [4.78, 5) is 30.9. The molecule has 8 nitrogen and oxygen atoms in total. The lowest BCUT2D eigenvalue weighted by atomic mass is 9.95. The molecule has 1 aliphatic carbocycles. The lowest BCUT2D eigenvalue weighted by molar-refractivity contribution is -0.115. The number of hydrogen-bond acceptors (Lipinski definition) is 5. The zero-order chi connectivity index (χ0) is 17.8. The third kappa shape index (κ3) is 4.54. The van der Waals surface area contributed by atoms with Crippen molar-refractivity contribution in [3.63, 3.8) is 0 Å². The summed E-state index contributed by atoms with van der Waals surface area (Å²) < 4.78 is 1.45. The van der Waals surface area contributed by atoms with E-state index in [1.807, 2.05) is 6.92 Å². The van der Waals surface area contributed by atoms with E-state index in [1.165, 1.54) is 30.0 Å². The van der Waals surface area contributed by atoms with E-state index in [9.17, 15) is 9.59 Å². The van der Waals surface area contributed by atoms with Gasteiger partial charge in [0.15, 0.2) is 0 Å². The second kappa shape index (κ2) is 7.60. The number of anilines is 1. The van der Waals surface area contributed by atoms with E-state index in [0.29, 0.717) is 17.6 Å². The molecule has 1 amide bonds. The van der Waals surface area contributed by atoms with Crippen molar-refractivity contribution in [2.45, 2.75) is 52.0 Å². The van der Waals surface area contributed by atoms with Crippen molar-refractivity contribution in [1.82, 2.24) is 25.1 Å². The van der Waals surface area contributed by atoms with Crippen molar-refractivity contribution >= 4 is 11.7 Å². The monoisotopic (exact) mass is 344 g/mol. The molecule has 0 unspecified atom stereocenters. The van der Waals surface area contributed by atoms with Crippen molar-refractivity contribution in [1.29, 1.82) is 0 Å². The molecule has 0 aromatic carbocycles. The van der Waals surface area contributed by atoms with E-state index >= 15 is 0 Å². The molecular weight excluding hydrogens is 320 g/mol. The van der Waals surface area contributed by atoms with Crippen LogP contribution in [0.15, 0.2) is 16.9 Å². The molecule has 2 aromatic heterocycles. The molecule has 0 saturated heterocycles. The van der Waals surface area contributed by atoms with Crippen LogP contribution in [0.2, 0.25) is 0 Å². The average molecular weight is 344 g/mol. The van der Waals surface area contributed by atoms with Gasteiger partial charge in [-0.1, -0.05) is 19.3 Å². The number of rotatable bonds is 5. The lowest BCUT2D eigenvalue weighted by Crippen LogP contribution is -2.37. The number of nitrogens with one attached hydrogen (secondary N) is 3. The summed E-state index contributed by atoms with van der Waals surface area (Å²) >= 11 is 0. The fourth-order valence-electron chi connectivity index (χ4n) is 3.14. The van der Waals surface area contributed by atoms with Gasteiger partial charge >= 0.3 is 0 Å². The summed E-state index contributed by atoms with van der Waals surface area (Å²) in [6, 6.07) is 3.58. The van der Waals surface area contributed by atoms with Crippen LogP contribution in [0.4, 0.5) is 5.82 Å². The van der Waals surface area contributed by atoms with Gasteiger partial charge in [-0.25, -0.2) is 4.98 Å². The molecule has 0 spiro atoms. The molecule has 1 aliphatic rings. The summed E-state index contributed by atoms with van der Waals surface area (Å²) in [5.41, 5.74) is 1.05. The third-order valence-corrected chi connectivity index (χ3v) is 4.31. The van der Waals surface area contributed by atoms with Crippen LogP contribution >= 0.6 is 0 Å². The molecular formula is C17H24N6O2. The first-order valence-electron chi connectivity index (χ1n) is 8.69. The Balaban J connectivity index is 1.70. The molecule has 25 heavy (non-hydrogen) atoms.